The molecule has 3 aliphatic heterocycles. The number of nitrogens with one attached hydrogen (secondary N) is 4. The molecule has 0 bridgehead atoms. The average molecular weight is 836 g/mol. The normalized spacial score (nSPS) is 17.2. The number of aliphatic hydroxyl groups excluding tert-OH is 2. The quantitative estimate of drug-likeness (QED) is 0.0852. The highest BCUT2D eigenvalue weighted by Crippen LogP contribution is 2.35. The van der Waals surface area contributed by atoms with Crippen molar-refractivity contribution >= 4 is 52.9 Å². The molecule has 0 saturated carbocycles. The molecule has 3 aliphatic rings. The summed E-state index contributed by atoms with van der Waals surface area (Å²) in [5, 5.41) is 25.7. The standard InChI is InChI=1S/C23H27ClN4O4.C11H11N3O2.C7H16N2O2/c1-13-20(10-18-17-9-15(24)3-4-19(17)27-22(18)30)26-14(2)21(13)23(31)25-11-16(29)12-28-5-7-32-8-6-28;1-7-9(5-15)13-8(2)10(7)11(16)14-4-3-12-6-14;8-5-7(10)6-9-1-3-11-4-2-9/h3-4,9-10,16,26,29H,5-8,11-12H2,1-2H3,(H,25,31)(H,27,30);3-6,13H,1-2H3;7,10H,1-6,8H2/b18-10-;;/t16-;;7-/m1.1/s1. The molecule has 2 saturated heterocycles. The van der Waals surface area contributed by atoms with Gasteiger partial charge in [0.2, 0.25) is 0 Å². The number of halogens is 1. The molecule has 3 aromatic heterocycles. The van der Waals surface area contributed by atoms with E-state index in [1.165, 1.54) is 17.1 Å². The number of aromatic nitrogens is 4. The van der Waals surface area contributed by atoms with Crippen molar-refractivity contribution in [1.29, 1.82) is 0 Å². The minimum Gasteiger partial charge on any atom is -0.390 e. The lowest BCUT2D eigenvalue weighted by molar-refractivity contribution is -0.110. The number of carbonyl (C=O) groups is 4. The summed E-state index contributed by atoms with van der Waals surface area (Å²) in [5.41, 5.74) is 12.2. The fourth-order valence-electron chi connectivity index (χ4n) is 7.03. The number of H-pyrrole nitrogens is 2. The Labute approximate surface area is 347 Å². The second kappa shape index (κ2) is 21.3. The Morgan fingerprint density at radius 1 is 0.932 bits per heavy atom. The fraction of sp³-hybridized carbons (Fsp3) is 0.439. The smallest absolute Gasteiger partial charge is 0.265 e. The minimum absolute atomic E-state index is 0.158. The van der Waals surface area contributed by atoms with Crippen molar-refractivity contribution in [3.05, 3.63) is 92.5 Å². The zero-order chi connectivity index (χ0) is 42.6. The van der Waals surface area contributed by atoms with Crippen LogP contribution in [0.25, 0.3) is 11.6 Å². The molecular formula is C41H54ClN9O8. The lowest BCUT2D eigenvalue weighted by Crippen LogP contribution is -2.44. The number of morpholine rings is 2. The number of aromatic amines is 2. The zero-order valence-electron chi connectivity index (χ0n) is 33.8. The van der Waals surface area contributed by atoms with Gasteiger partial charge in [0.1, 0.15) is 6.33 Å². The highest BCUT2D eigenvalue weighted by atomic mass is 35.5. The molecule has 8 N–H and O–H groups in total. The number of hydrogen-bond donors (Lipinski definition) is 7. The van der Waals surface area contributed by atoms with Gasteiger partial charge in [-0.2, -0.15) is 0 Å². The number of aryl methyl sites for hydroxylation is 2. The fourth-order valence-corrected chi connectivity index (χ4v) is 7.20. The van der Waals surface area contributed by atoms with Crippen molar-refractivity contribution in [2.24, 2.45) is 5.73 Å². The van der Waals surface area contributed by atoms with Gasteiger partial charge < -0.3 is 46.0 Å². The molecule has 7 rings (SSSR count). The molecule has 0 aliphatic carbocycles. The third kappa shape index (κ3) is 11.8. The van der Waals surface area contributed by atoms with Crippen molar-refractivity contribution in [2.75, 3.05) is 84.1 Å². The first-order chi connectivity index (χ1) is 28.3. The van der Waals surface area contributed by atoms with E-state index in [-0.39, 0.29) is 30.4 Å². The summed E-state index contributed by atoms with van der Waals surface area (Å²) >= 11 is 6.11. The highest BCUT2D eigenvalue weighted by molar-refractivity contribution is 6.36. The van der Waals surface area contributed by atoms with E-state index in [1.54, 1.807) is 44.3 Å². The molecule has 2 fully saturated rings. The van der Waals surface area contributed by atoms with Gasteiger partial charge in [-0.3, -0.25) is 33.5 Å². The molecule has 4 aromatic rings. The Kier molecular flexibility index (Phi) is 16.3. The Morgan fingerprint density at radius 2 is 1.53 bits per heavy atom. The summed E-state index contributed by atoms with van der Waals surface area (Å²) in [6, 6.07) is 5.24. The van der Waals surface area contributed by atoms with Crippen LogP contribution in [-0.4, -0.2) is 155 Å². The molecule has 0 radical (unpaired) electrons. The van der Waals surface area contributed by atoms with Crippen LogP contribution in [0.1, 0.15) is 65.0 Å². The number of benzene rings is 1. The molecular weight excluding hydrogens is 782 g/mol. The maximum absolute atomic E-state index is 12.8. The van der Waals surface area contributed by atoms with Gasteiger partial charge in [0, 0.05) is 98.1 Å². The van der Waals surface area contributed by atoms with E-state index < -0.39 is 6.10 Å². The molecule has 6 heterocycles. The third-order valence-corrected chi connectivity index (χ3v) is 10.5. The van der Waals surface area contributed by atoms with Crippen LogP contribution in [0.5, 0.6) is 0 Å². The van der Waals surface area contributed by atoms with Crippen LogP contribution in [-0.2, 0) is 14.3 Å². The summed E-state index contributed by atoms with van der Waals surface area (Å²) in [7, 11) is 0. The molecule has 2 amide bonds. The number of hydrogen-bond acceptors (Lipinski definition) is 12. The molecule has 318 valence electrons. The average Bonchev–Trinajstić information content (AvgIpc) is 4.00. The van der Waals surface area contributed by atoms with Gasteiger partial charge in [0.15, 0.2) is 6.29 Å². The number of nitrogens with zero attached hydrogens (tertiary/aromatic N) is 4. The number of imidazole rings is 1. The number of amides is 2. The SMILES string of the molecule is Cc1[nH]c(/C=C2\C(=O)Nc3ccc(Cl)cc32)c(C)c1C(=O)NC[C@@H](O)CN1CCOCC1.Cc1[nH]c(C=O)c(C)c1C(=O)n1ccnc1.NC[C@@H](O)CN1CCOCC1. The van der Waals surface area contributed by atoms with Gasteiger partial charge in [0.05, 0.1) is 61.0 Å². The Balaban J connectivity index is 0.000000202. The first-order valence-electron chi connectivity index (χ1n) is 19.4. The van der Waals surface area contributed by atoms with Gasteiger partial charge in [0.25, 0.3) is 17.7 Å². The molecule has 0 unspecified atom stereocenters. The van der Waals surface area contributed by atoms with Crippen molar-refractivity contribution in [3.8, 4) is 0 Å². The number of ether oxygens (including phenoxy) is 2. The first-order valence-corrected chi connectivity index (χ1v) is 19.8. The minimum atomic E-state index is -0.665. The largest absolute Gasteiger partial charge is 0.390 e. The van der Waals surface area contributed by atoms with Gasteiger partial charge >= 0.3 is 0 Å². The van der Waals surface area contributed by atoms with E-state index in [4.69, 9.17) is 26.8 Å². The number of aldehydes is 1. The summed E-state index contributed by atoms with van der Waals surface area (Å²) in [6.45, 7) is 15.1. The van der Waals surface area contributed by atoms with Gasteiger partial charge in [-0.15, -0.1) is 0 Å². The second-order valence-corrected chi connectivity index (χ2v) is 14.9. The van der Waals surface area contributed by atoms with Gasteiger partial charge in [-0.25, -0.2) is 4.98 Å². The Bertz CT molecular complexity index is 2100. The van der Waals surface area contributed by atoms with Gasteiger partial charge in [-0.1, -0.05) is 11.6 Å². The van der Waals surface area contributed by atoms with E-state index in [0.717, 1.165) is 50.5 Å². The zero-order valence-corrected chi connectivity index (χ0v) is 34.6. The van der Waals surface area contributed by atoms with Crippen molar-refractivity contribution < 1.29 is 38.9 Å². The predicted molar refractivity (Wildman–Crippen MR) is 224 cm³/mol. The summed E-state index contributed by atoms with van der Waals surface area (Å²) in [5.74, 6) is -0.663. The Morgan fingerprint density at radius 3 is 2.10 bits per heavy atom. The van der Waals surface area contributed by atoms with Crippen LogP contribution in [0.15, 0.2) is 36.9 Å². The van der Waals surface area contributed by atoms with Crippen LogP contribution in [0, 0.1) is 27.7 Å². The predicted octanol–water partition coefficient (Wildman–Crippen LogP) is 2.17. The molecule has 17 nitrogen and oxygen atoms in total. The van der Waals surface area contributed by atoms with Crippen molar-refractivity contribution in [3.63, 3.8) is 0 Å². The lowest BCUT2D eigenvalue weighted by atomic mass is 10.0. The summed E-state index contributed by atoms with van der Waals surface area (Å²) in [6.07, 6.45) is 5.96. The summed E-state index contributed by atoms with van der Waals surface area (Å²) < 4.78 is 11.9. The van der Waals surface area contributed by atoms with E-state index in [1.807, 2.05) is 13.8 Å². The number of β-amino-alcohol motifs (C(OH)–C–C–N with tert-alkyl or cyclic N) is 2. The van der Waals surface area contributed by atoms with E-state index >= 15 is 0 Å². The third-order valence-electron chi connectivity index (χ3n) is 10.2. The molecule has 59 heavy (non-hydrogen) atoms. The number of rotatable bonds is 11. The maximum atomic E-state index is 12.8. The van der Waals surface area contributed by atoms with Crippen LogP contribution in [0.3, 0.4) is 0 Å². The van der Waals surface area contributed by atoms with E-state index in [0.29, 0.717) is 94.9 Å². The van der Waals surface area contributed by atoms with Crippen LogP contribution < -0.4 is 16.4 Å². The summed E-state index contributed by atoms with van der Waals surface area (Å²) in [4.78, 5) is 62.3. The Hall–Kier alpha value is -4.98. The van der Waals surface area contributed by atoms with E-state index in [9.17, 15) is 29.4 Å². The van der Waals surface area contributed by atoms with Gasteiger partial charge in [-0.05, 0) is 63.1 Å². The molecule has 2 atom stereocenters. The topological polar surface area (TPSA) is 233 Å². The number of nitrogens with two attached hydrogens (primary N) is 1. The van der Waals surface area contributed by atoms with Crippen molar-refractivity contribution in [1.82, 2.24) is 34.6 Å². The molecule has 1 aromatic carbocycles. The molecule has 18 heteroatoms. The molecule has 0 spiro atoms. The van der Waals surface area contributed by atoms with Crippen LogP contribution >= 0.6 is 11.6 Å². The van der Waals surface area contributed by atoms with E-state index in [2.05, 4.69) is 35.4 Å². The lowest BCUT2D eigenvalue weighted by Gasteiger charge is -2.28. The first kappa shape index (κ1) is 45.1. The number of anilines is 1. The number of aliphatic hydroxyl groups is 2. The number of fused-ring (bicyclic) bond motifs is 1. The second-order valence-electron chi connectivity index (χ2n) is 14.5. The highest BCUT2D eigenvalue weighted by Gasteiger charge is 2.26. The number of carbonyl (C=O) groups excluding carboxylic acids is 4. The monoisotopic (exact) mass is 835 g/mol. The maximum Gasteiger partial charge on any atom is 0.265 e. The van der Waals surface area contributed by atoms with Crippen LogP contribution in [0.2, 0.25) is 5.02 Å². The van der Waals surface area contributed by atoms with Crippen molar-refractivity contribution in [2.45, 2.75) is 39.9 Å². The van der Waals surface area contributed by atoms with Crippen LogP contribution in [0.4, 0.5) is 5.69 Å².